The van der Waals surface area contributed by atoms with E-state index in [0.29, 0.717) is 43.3 Å². The summed E-state index contributed by atoms with van der Waals surface area (Å²) < 4.78 is 10.4. The summed E-state index contributed by atoms with van der Waals surface area (Å²) in [4.78, 5) is 4.28. The minimum absolute atomic E-state index is 0.412. The van der Waals surface area contributed by atoms with Crippen LogP contribution in [-0.2, 0) is 17.8 Å². The third kappa shape index (κ3) is 5.28. The highest BCUT2D eigenvalue weighted by Crippen LogP contribution is 2.15. The van der Waals surface area contributed by atoms with Crippen molar-refractivity contribution in [2.75, 3.05) is 13.2 Å². The Bertz CT molecular complexity index is 312. The molecule has 5 nitrogen and oxygen atoms in total. The average Bonchev–Trinajstić information content (AvgIpc) is 2.72. The molecular weight excluding hydrogens is 218 g/mol. The number of nitrogens with two attached hydrogens (primary N) is 1. The first kappa shape index (κ1) is 14.1. The third-order valence-corrected chi connectivity index (χ3v) is 2.55. The Labute approximate surface area is 103 Å². The van der Waals surface area contributed by atoms with Crippen LogP contribution >= 0.6 is 0 Å². The Balaban J connectivity index is 2.46. The maximum Gasteiger partial charge on any atom is 0.227 e. The van der Waals surface area contributed by atoms with Gasteiger partial charge < -0.3 is 15.0 Å². The van der Waals surface area contributed by atoms with Gasteiger partial charge in [-0.1, -0.05) is 19.0 Å². The van der Waals surface area contributed by atoms with Gasteiger partial charge in [-0.3, -0.25) is 0 Å². The second-order valence-corrected chi connectivity index (χ2v) is 4.68. The minimum atomic E-state index is 0.412. The van der Waals surface area contributed by atoms with E-state index in [1.165, 1.54) is 0 Å². The Morgan fingerprint density at radius 3 is 2.76 bits per heavy atom. The molecule has 0 aliphatic carbocycles. The van der Waals surface area contributed by atoms with Crippen LogP contribution < -0.4 is 5.73 Å². The molecule has 0 amide bonds. The van der Waals surface area contributed by atoms with Crippen molar-refractivity contribution in [2.24, 2.45) is 17.6 Å². The van der Waals surface area contributed by atoms with Crippen molar-refractivity contribution < 1.29 is 9.26 Å². The molecule has 17 heavy (non-hydrogen) atoms. The molecule has 1 rings (SSSR count). The molecule has 0 aliphatic heterocycles. The molecule has 2 N–H and O–H groups in total. The summed E-state index contributed by atoms with van der Waals surface area (Å²) in [5.74, 6) is 2.32. The van der Waals surface area contributed by atoms with Crippen LogP contribution in [0.3, 0.4) is 0 Å². The average molecular weight is 241 g/mol. The minimum Gasteiger partial charge on any atom is -0.374 e. The summed E-state index contributed by atoms with van der Waals surface area (Å²) >= 11 is 0. The lowest BCUT2D eigenvalue weighted by molar-refractivity contribution is 0.126. The quantitative estimate of drug-likeness (QED) is 0.750. The van der Waals surface area contributed by atoms with Gasteiger partial charge >= 0.3 is 0 Å². The third-order valence-electron chi connectivity index (χ3n) is 2.55. The molecule has 0 spiro atoms. The standard InChI is InChI=1S/C12H23N3O2/c1-4-16-8-11-14-12(17-15-11)6-10(7-13)5-9(2)3/h9-10H,4-8,13H2,1-3H3/t10-/m0/s1. The number of hydrogen-bond donors (Lipinski definition) is 1. The van der Waals surface area contributed by atoms with Crippen molar-refractivity contribution in [1.82, 2.24) is 10.1 Å². The molecule has 1 atom stereocenters. The van der Waals surface area contributed by atoms with Gasteiger partial charge in [0.1, 0.15) is 6.61 Å². The summed E-state index contributed by atoms with van der Waals surface area (Å²) in [6.45, 7) is 8.05. The van der Waals surface area contributed by atoms with Crippen LogP contribution in [0, 0.1) is 11.8 Å². The van der Waals surface area contributed by atoms with Crippen molar-refractivity contribution in [3.8, 4) is 0 Å². The van der Waals surface area contributed by atoms with Crippen LogP contribution in [0.15, 0.2) is 4.52 Å². The van der Waals surface area contributed by atoms with E-state index in [1.807, 2.05) is 6.92 Å². The van der Waals surface area contributed by atoms with E-state index in [0.717, 1.165) is 12.8 Å². The maximum atomic E-state index is 5.74. The first-order valence-electron chi connectivity index (χ1n) is 6.25. The fourth-order valence-corrected chi connectivity index (χ4v) is 1.80. The Morgan fingerprint density at radius 1 is 1.41 bits per heavy atom. The van der Waals surface area contributed by atoms with Gasteiger partial charge in [0.15, 0.2) is 5.82 Å². The number of nitrogens with zero attached hydrogens (tertiary/aromatic N) is 2. The lowest BCUT2D eigenvalue weighted by Gasteiger charge is -2.14. The number of rotatable bonds is 8. The van der Waals surface area contributed by atoms with Crippen molar-refractivity contribution >= 4 is 0 Å². The van der Waals surface area contributed by atoms with E-state index >= 15 is 0 Å². The molecular formula is C12H23N3O2. The lowest BCUT2D eigenvalue weighted by atomic mass is 9.94. The fourth-order valence-electron chi connectivity index (χ4n) is 1.80. The zero-order valence-electron chi connectivity index (χ0n) is 11.0. The van der Waals surface area contributed by atoms with Crippen LogP contribution in [0.1, 0.15) is 38.9 Å². The zero-order valence-corrected chi connectivity index (χ0v) is 11.0. The van der Waals surface area contributed by atoms with Gasteiger partial charge in [0, 0.05) is 13.0 Å². The number of ether oxygens (including phenoxy) is 1. The van der Waals surface area contributed by atoms with Gasteiger partial charge in [-0.2, -0.15) is 4.98 Å². The van der Waals surface area contributed by atoms with E-state index < -0.39 is 0 Å². The highest BCUT2D eigenvalue weighted by Gasteiger charge is 2.14. The van der Waals surface area contributed by atoms with Gasteiger partial charge in [-0.25, -0.2) is 0 Å². The molecule has 98 valence electrons. The van der Waals surface area contributed by atoms with E-state index in [-0.39, 0.29) is 0 Å². The Hall–Kier alpha value is -0.940. The van der Waals surface area contributed by atoms with Gasteiger partial charge in [0.05, 0.1) is 0 Å². The van der Waals surface area contributed by atoms with E-state index in [9.17, 15) is 0 Å². The van der Waals surface area contributed by atoms with Gasteiger partial charge in [-0.15, -0.1) is 0 Å². The fraction of sp³-hybridized carbons (Fsp3) is 0.833. The molecule has 0 saturated carbocycles. The summed E-state index contributed by atoms with van der Waals surface area (Å²) in [7, 11) is 0. The Morgan fingerprint density at radius 2 is 2.18 bits per heavy atom. The molecule has 5 heteroatoms. The molecule has 0 unspecified atom stereocenters. The second-order valence-electron chi connectivity index (χ2n) is 4.68. The first-order chi connectivity index (χ1) is 8.15. The predicted molar refractivity (Wildman–Crippen MR) is 65.3 cm³/mol. The highest BCUT2D eigenvalue weighted by atomic mass is 16.5. The molecule has 0 aliphatic rings. The number of hydrogen-bond acceptors (Lipinski definition) is 5. The normalized spacial score (nSPS) is 13.2. The van der Waals surface area contributed by atoms with Crippen molar-refractivity contribution in [3.63, 3.8) is 0 Å². The molecule has 0 bridgehead atoms. The highest BCUT2D eigenvalue weighted by molar-refractivity contribution is 4.87. The lowest BCUT2D eigenvalue weighted by Crippen LogP contribution is -2.19. The van der Waals surface area contributed by atoms with Crippen LogP contribution in [0.5, 0.6) is 0 Å². The Kier molecular flexibility index (Phi) is 6.15. The summed E-state index contributed by atoms with van der Waals surface area (Å²) in [5.41, 5.74) is 5.74. The van der Waals surface area contributed by atoms with Gasteiger partial charge in [0.2, 0.25) is 5.89 Å². The van der Waals surface area contributed by atoms with Crippen molar-refractivity contribution in [2.45, 2.75) is 40.2 Å². The predicted octanol–water partition coefficient (Wildman–Crippen LogP) is 1.77. The largest absolute Gasteiger partial charge is 0.374 e. The van der Waals surface area contributed by atoms with E-state index in [1.54, 1.807) is 0 Å². The van der Waals surface area contributed by atoms with Crippen LogP contribution in [0.25, 0.3) is 0 Å². The zero-order chi connectivity index (χ0) is 12.7. The molecule has 0 fully saturated rings. The topological polar surface area (TPSA) is 74.2 Å². The summed E-state index contributed by atoms with van der Waals surface area (Å²) in [5, 5.41) is 3.87. The molecule has 1 aromatic heterocycles. The first-order valence-corrected chi connectivity index (χ1v) is 6.25. The van der Waals surface area contributed by atoms with Crippen LogP contribution in [0.4, 0.5) is 0 Å². The van der Waals surface area contributed by atoms with Crippen molar-refractivity contribution in [1.29, 1.82) is 0 Å². The SMILES string of the molecule is CCOCc1noc(C[C@@H](CN)CC(C)C)n1. The monoisotopic (exact) mass is 241 g/mol. The van der Waals surface area contributed by atoms with Gasteiger partial charge in [-0.05, 0) is 31.7 Å². The maximum absolute atomic E-state index is 5.74. The van der Waals surface area contributed by atoms with Crippen molar-refractivity contribution in [3.05, 3.63) is 11.7 Å². The molecule has 1 heterocycles. The van der Waals surface area contributed by atoms with Gasteiger partial charge in [0.25, 0.3) is 0 Å². The summed E-state index contributed by atoms with van der Waals surface area (Å²) in [6, 6.07) is 0. The molecule has 0 aromatic carbocycles. The smallest absolute Gasteiger partial charge is 0.227 e. The van der Waals surface area contributed by atoms with Crippen LogP contribution in [0.2, 0.25) is 0 Å². The molecule has 1 aromatic rings. The second kappa shape index (κ2) is 7.40. The summed E-state index contributed by atoms with van der Waals surface area (Å²) in [6.07, 6.45) is 1.84. The number of aromatic nitrogens is 2. The molecule has 0 saturated heterocycles. The van der Waals surface area contributed by atoms with Crippen LogP contribution in [-0.4, -0.2) is 23.3 Å². The molecule has 0 radical (unpaired) electrons. The van der Waals surface area contributed by atoms with E-state index in [4.69, 9.17) is 15.0 Å². The van der Waals surface area contributed by atoms with E-state index in [2.05, 4.69) is 24.0 Å².